The van der Waals surface area contributed by atoms with Crippen molar-refractivity contribution < 1.29 is 17.4 Å². The third kappa shape index (κ3) is 4.03. The number of rotatable bonds is 4. The maximum atomic E-state index is 2.71. The molecule has 2 aromatic carbocycles. The van der Waals surface area contributed by atoms with Gasteiger partial charge in [0.25, 0.3) is 0 Å². The Morgan fingerprint density at radius 3 is 1.33 bits per heavy atom. The zero-order valence-corrected chi connectivity index (χ0v) is 24.6. The van der Waals surface area contributed by atoms with E-state index in [0.717, 1.165) is 0 Å². The van der Waals surface area contributed by atoms with Crippen molar-refractivity contribution in [3.8, 4) is 0 Å². The van der Waals surface area contributed by atoms with E-state index in [4.69, 9.17) is 0 Å². The molecule has 2 aliphatic carbocycles. The van der Waals surface area contributed by atoms with Gasteiger partial charge in [-0.2, -0.15) is 0 Å². The summed E-state index contributed by atoms with van der Waals surface area (Å²) in [6.07, 6.45) is 5.36. The molecule has 0 aliphatic heterocycles. The van der Waals surface area contributed by atoms with Crippen LogP contribution in [0.4, 0.5) is 0 Å². The van der Waals surface area contributed by atoms with Crippen LogP contribution in [-0.4, -0.2) is 6.88 Å². The minimum absolute atomic E-state index is 0. The van der Waals surface area contributed by atoms with Crippen LogP contribution in [0.2, 0.25) is 9.26 Å². The average molecular weight is 539 g/mol. The molecule has 0 saturated carbocycles. The van der Waals surface area contributed by atoms with Crippen LogP contribution >= 0.6 is 24.8 Å². The van der Waals surface area contributed by atoms with Gasteiger partial charge in [0.1, 0.15) is 0 Å². The van der Waals surface area contributed by atoms with Gasteiger partial charge < -0.3 is 0 Å². The fourth-order valence-electron chi connectivity index (χ4n) is 5.55. The van der Waals surface area contributed by atoms with Gasteiger partial charge in [-0.15, -0.1) is 24.8 Å². The van der Waals surface area contributed by atoms with E-state index in [1.807, 2.05) is 0 Å². The molecule has 4 rings (SSSR count). The van der Waals surface area contributed by atoms with Crippen molar-refractivity contribution >= 4 is 42.8 Å². The van der Waals surface area contributed by atoms with E-state index in [9.17, 15) is 0 Å². The van der Waals surface area contributed by atoms with Crippen molar-refractivity contribution in [2.24, 2.45) is 11.8 Å². The van der Waals surface area contributed by atoms with Gasteiger partial charge in [0.15, 0.2) is 0 Å². The van der Waals surface area contributed by atoms with Crippen LogP contribution in [0.1, 0.15) is 57.2 Å². The monoisotopic (exact) mass is 536 g/mol. The second kappa shape index (κ2) is 8.86. The molecular weight excluding hydrogens is 503 g/mol. The molecule has 0 saturated heterocycles. The number of fused-ring (bicyclic) bond motifs is 2. The van der Waals surface area contributed by atoms with E-state index >= 15 is 0 Å². The van der Waals surface area contributed by atoms with Gasteiger partial charge in [-0.25, -0.2) is 0 Å². The van der Waals surface area contributed by atoms with Gasteiger partial charge in [0.05, 0.1) is 0 Å². The van der Waals surface area contributed by atoms with Gasteiger partial charge in [0, 0.05) is 0 Å². The maximum absolute atomic E-state index is 3.24. The molecule has 0 fully saturated rings. The van der Waals surface area contributed by atoms with Crippen LogP contribution in [-0.2, 0) is 17.4 Å². The summed E-state index contributed by atoms with van der Waals surface area (Å²) in [5, 5.41) is 0. The molecule has 2 aliphatic rings. The van der Waals surface area contributed by atoms with E-state index in [1.54, 1.807) is 22.3 Å². The van der Waals surface area contributed by atoms with Crippen LogP contribution in [0.3, 0.4) is 0 Å². The molecular formula is C26H36Cl2SiZr. The zero-order valence-electron chi connectivity index (χ0n) is 19.1. The summed E-state index contributed by atoms with van der Waals surface area (Å²) < 4.78 is 6.66. The first-order valence-electron chi connectivity index (χ1n) is 10.8. The molecule has 30 heavy (non-hydrogen) atoms. The van der Waals surface area contributed by atoms with Crippen molar-refractivity contribution in [3.05, 3.63) is 82.9 Å². The number of hydrogen-bond donors (Lipinski definition) is 0. The van der Waals surface area contributed by atoms with E-state index in [2.05, 4.69) is 105 Å². The van der Waals surface area contributed by atoms with Crippen molar-refractivity contribution in [1.29, 1.82) is 0 Å². The molecule has 0 spiro atoms. The third-order valence-corrected chi connectivity index (χ3v) is 24.8. The number of halogens is 2. The quantitative estimate of drug-likeness (QED) is 0.349. The van der Waals surface area contributed by atoms with Crippen LogP contribution in [0, 0.1) is 11.8 Å². The predicted octanol–water partition coefficient (Wildman–Crippen LogP) is 7.75. The summed E-state index contributed by atoms with van der Waals surface area (Å²) in [7, 11) is 0. The third-order valence-electron chi connectivity index (χ3n) is 7.19. The first kappa shape index (κ1) is 25.9. The fraction of sp³-hybridized carbons (Fsp3) is 0.385. The molecule has 0 N–H and O–H groups in total. The van der Waals surface area contributed by atoms with Crippen molar-refractivity contribution in [2.45, 2.75) is 44.2 Å². The summed E-state index contributed by atoms with van der Waals surface area (Å²) in [6.45, 7) is 11.8. The van der Waals surface area contributed by atoms with Crippen molar-refractivity contribution in [3.63, 3.8) is 0 Å². The second-order valence-electron chi connectivity index (χ2n) is 10.6. The summed E-state index contributed by atoms with van der Waals surface area (Å²) in [6, 6.07) is 18.5. The largest absolute Gasteiger partial charge is 0.147 e. The second-order valence-corrected chi connectivity index (χ2v) is 41.3. The molecule has 0 heterocycles. The Kier molecular flexibility index (Phi) is 7.63. The molecule has 0 radical (unpaired) electrons. The van der Waals surface area contributed by atoms with E-state index in [0.29, 0.717) is 19.1 Å². The molecule has 0 amide bonds. The Morgan fingerprint density at radius 1 is 0.667 bits per heavy atom. The average Bonchev–Trinajstić information content (AvgIpc) is 3.22. The Bertz CT molecular complexity index is 992. The summed E-state index contributed by atoms with van der Waals surface area (Å²) in [5.74, 6) is 1.16. The Balaban J connectivity index is 0.00000160. The van der Waals surface area contributed by atoms with Crippen molar-refractivity contribution in [2.75, 3.05) is 0 Å². The van der Waals surface area contributed by atoms with Crippen LogP contribution in [0.5, 0.6) is 0 Å². The van der Waals surface area contributed by atoms with Crippen LogP contribution in [0.25, 0.3) is 11.1 Å². The van der Waals surface area contributed by atoms with Gasteiger partial charge in [0.2, 0.25) is 0 Å². The number of benzene rings is 2. The molecule has 2 unspecified atom stereocenters. The molecule has 2 atom stereocenters. The van der Waals surface area contributed by atoms with Crippen LogP contribution in [0.15, 0.2) is 60.7 Å². The number of hydrogen-bond acceptors (Lipinski definition) is 0. The van der Waals surface area contributed by atoms with E-state index < -0.39 is 17.4 Å². The number of allylic oxidation sites excluding steroid dienone is 4. The first-order chi connectivity index (χ1) is 13.1. The summed E-state index contributed by atoms with van der Waals surface area (Å²) >= 11 is -3.24. The van der Waals surface area contributed by atoms with Gasteiger partial charge in [-0.1, -0.05) is 0 Å². The molecule has 0 bridgehead atoms. The van der Waals surface area contributed by atoms with Crippen molar-refractivity contribution in [1.82, 2.24) is 0 Å². The molecule has 0 nitrogen and oxygen atoms in total. The topological polar surface area (TPSA) is 0 Å². The minimum atomic E-state index is -3.24. The van der Waals surface area contributed by atoms with E-state index in [1.165, 1.54) is 11.1 Å². The molecule has 4 heteroatoms. The molecule has 162 valence electrons. The zero-order chi connectivity index (χ0) is 20.3. The maximum Gasteiger partial charge on any atom is -0.147 e. The SMILES string of the molecule is CC(C)C1=C[CH]([Zr]([CH3])([CH3])(=[SiH2])[CH]2C=C(C(C)C)c3ccccc32)c2ccccc21.Cl.Cl. The first-order valence-corrected chi connectivity index (χ1v) is 24.5. The smallest absolute Gasteiger partial charge is 0.147 e. The summed E-state index contributed by atoms with van der Waals surface area (Å²) in [5.41, 5.74) is 9.35. The predicted molar refractivity (Wildman–Crippen MR) is 139 cm³/mol. The van der Waals surface area contributed by atoms with Crippen LogP contribution < -0.4 is 0 Å². The summed E-state index contributed by atoms with van der Waals surface area (Å²) in [4.78, 5) is 0. The van der Waals surface area contributed by atoms with Gasteiger partial charge in [-0.05, 0) is 0 Å². The fourth-order valence-corrected chi connectivity index (χ4v) is 20.3. The van der Waals surface area contributed by atoms with Gasteiger partial charge in [-0.3, -0.25) is 0 Å². The Hall–Kier alpha value is -0.400. The molecule has 0 aromatic heterocycles. The van der Waals surface area contributed by atoms with Gasteiger partial charge >= 0.3 is 174 Å². The van der Waals surface area contributed by atoms with E-state index in [-0.39, 0.29) is 24.8 Å². The Morgan fingerprint density at radius 2 is 1.00 bits per heavy atom. The minimum Gasteiger partial charge on any atom is -0.147 e. The molecule has 2 aromatic rings. The standard InChI is InChI=1S/2C12H13.2CH3.2ClH.H2Si.Zr/c2*1-9(2)11-8-7-10-5-3-4-6-12(10)11;;;;;;/h2*3-9H,1-2H3;2*1H3;2*1H;1H2;. The normalized spacial score (nSPS) is 20.2. The Labute approximate surface area is 197 Å².